The average Bonchev–Trinajstić information content (AvgIpc) is 3.47. The van der Waals surface area contributed by atoms with Gasteiger partial charge in [0.05, 0.1) is 21.7 Å². The second-order valence-electron chi connectivity index (χ2n) is 17.6. The fourth-order valence-electron chi connectivity index (χ4n) is 7.52. The zero-order valence-corrected chi connectivity index (χ0v) is 44.7. The zero-order valence-electron chi connectivity index (χ0n) is 46.5. The third kappa shape index (κ3) is 15.6. The first-order chi connectivity index (χ1) is 37.8. The Morgan fingerprint density at radius 1 is 0.500 bits per heavy atom. The molecular weight excluding hydrogens is 1010 g/mol. The summed E-state index contributed by atoms with van der Waals surface area (Å²) in [6.07, 6.45) is 7.47. The number of rotatable bonds is 12. The first-order valence-electron chi connectivity index (χ1n) is 25.7. The maximum atomic E-state index is 12.7. The van der Waals surface area contributed by atoms with Crippen molar-refractivity contribution in [3.8, 4) is 0 Å². The minimum Gasteiger partial charge on any atom is -1.00 e. The molecule has 7 aromatic carbocycles. The highest BCUT2D eigenvalue weighted by atomic mass is 35.5. The van der Waals surface area contributed by atoms with Gasteiger partial charge in [-0.25, -0.2) is 4.57 Å². The third-order valence-corrected chi connectivity index (χ3v) is 12.0. The molecule has 76 heavy (non-hydrogen) atoms. The topological polar surface area (TPSA) is 156 Å². The molecule has 0 aliphatic rings. The lowest BCUT2D eigenvalue weighted by molar-refractivity contribution is -0.671. The minimum absolute atomic E-state index is 0. The third-order valence-electron chi connectivity index (χ3n) is 11.6. The quantitative estimate of drug-likeness (QED) is 0.0527. The molecule has 392 valence electrons. The molecule has 0 saturated heterocycles. The summed E-state index contributed by atoms with van der Waals surface area (Å²) in [7, 11) is 10.0. The van der Waals surface area contributed by atoms with E-state index in [9.17, 15) is 9.59 Å². The van der Waals surface area contributed by atoms with Gasteiger partial charge in [-0.2, -0.15) is 0 Å². The Labute approximate surface area is 468 Å². The molecule has 0 saturated carbocycles. The number of amides is 2. The molecule has 13 nitrogen and oxygen atoms in total. The van der Waals surface area contributed by atoms with Crippen LogP contribution in [0.1, 0.15) is 28.1 Å². The Bertz CT molecular complexity index is 3500. The number of hydrogen-bond donors (Lipinski definition) is 6. The van der Waals surface area contributed by atoms with Crippen molar-refractivity contribution < 1.29 is 46.3 Å². The molecule has 7 N–H and O–H groups in total. The number of aryl methyl sites for hydroxylation is 1. The van der Waals surface area contributed by atoms with Crippen LogP contribution < -0.4 is 71.5 Å². The van der Waals surface area contributed by atoms with Crippen molar-refractivity contribution in [2.75, 3.05) is 70.3 Å². The van der Waals surface area contributed by atoms with Gasteiger partial charge < -0.3 is 66.9 Å². The SMILES string of the molecule is CN(C)c1ccc2c(Cl)ccnc2c1.CN(C)c1ccc2c(Nc3ccc(NC(=O)c4ccc(Nc5ccccc5)cc4)cc3)ccnc2c1.C[n+]1ccc(Nc2ccc(C(=O)Nc3ccc(N)cc3)cc2)cc1.[2HH].[2H][2H].[2H][2H].[Cl-].[Cl-]. The summed E-state index contributed by atoms with van der Waals surface area (Å²) in [4.78, 5) is 37.9. The Kier molecular flexibility index (Phi) is 18.9. The number of carbonyl (C=O) groups is 2. The van der Waals surface area contributed by atoms with Crippen molar-refractivity contribution in [2.45, 2.75) is 0 Å². The lowest BCUT2D eigenvalue weighted by atomic mass is 10.1. The van der Waals surface area contributed by atoms with Gasteiger partial charge >= 0.3 is 0 Å². The van der Waals surface area contributed by atoms with Gasteiger partial charge in [0.15, 0.2) is 12.4 Å². The number of halogens is 3. The van der Waals surface area contributed by atoms with Crippen molar-refractivity contribution in [3.63, 3.8) is 0 Å². The first kappa shape index (κ1) is 53.4. The summed E-state index contributed by atoms with van der Waals surface area (Å²) in [5, 5.41) is 18.7. The van der Waals surface area contributed by atoms with Crippen LogP contribution in [0.3, 0.4) is 0 Å². The highest BCUT2D eigenvalue weighted by molar-refractivity contribution is 6.35. The number of nitrogens with zero attached hydrogens (tertiary/aromatic N) is 5. The fourth-order valence-corrected chi connectivity index (χ4v) is 7.73. The molecule has 0 atom stereocenters. The van der Waals surface area contributed by atoms with E-state index in [-0.39, 0.29) is 38.1 Å². The van der Waals surface area contributed by atoms with E-state index in [0.717, 1.165) is 78.0 Å². The normalized spacial score (nSPS) is 10.4. The summed E-state index contributed by atoms with van der Waals surface area (Å²) >= 11 is 6.04. The van der Waals surface area contributed by atoms with Crippen molar-refractivity contribution in [1.29, 1.82) is 0 Å². The van der Waals surface area contributed by atoms with Gasteiger partial charge in [-0.05, 0) is 158 Å². The van der Waals surface area contributed by atoms with E-state index < -0.39 is 0 Å². The number of hydrogen-bond acceptors (Lipinski definition) is 10. The smallest absolute Gasteiger partial charge is 0.255 e. The van der Waals surface area contributed by atoms with Gasteiger partial charge in [0.25, 0.3) is 11.8 Å². The Hall–Kier alpha value is -8.88. The summed E-state index contributed by atoms with van der Waals surface area (Å²) in [5.74, 6) is -0.308. The molecule has 3 heterocycles. The number of pyridine rings is 3. The van der Waals surface area contributed by atoms with Crippen LogP contribution in [-0.2, 0) is 7.05 Å². The largest absolute Gasteiger partial charge is 1.00 e. The predicted molar refractivity (Wildman–Crippen MR) is 313 cm³/mol. The van der Waals surface area contributed by atoms with Crippen LogP contribution in [0.4, 0.5) is 62.6 Å². The van der Waals surface area contributed by atoms with E-state index in [1.165, 1.54) is 0 Å². The molecule has 10 rings (SSSR count). The molecular formula is C60H63Cl3N11O2-. The molecule has 16 heteroatoms. The molecule has 0 fully saturated rings. The minimum atomic E-state index is -0.155. The lowest BCUT2D eigenvalue weighted by Crippen LogP contribution is -3.00. The molecule has 0 radical (unpaired) electrons. The van der Waals surface area contributed by atoms with Crippen LogP contribution in [0.25, 0.3) is 21.8 Å². The van der Waals surface area contributed by atoms with Crippen LogP contribution in [0.15, 0.2) is 213 Å². The van der Waals surface area contributed by atoms with Gasteiger partial charge in [-0.3, -0.25) is 19.6 Å². The predicted octanol–water partition coefficient (Wildman–Crippen LogP) is 7.83. The molecule has 2 amide bonds. The number of nitrogens with two attached hydrogens (primary N) is 1. The number of benzene rings is 7. The maximum absolute atomic E-state index is 12.7. The molecule has 0 unspecified atom stereocenters. The Morgan fingerprint density at radius 3 is 1.42 bits per heavy atom. The number of aromatic nitrogens is 3. The van der Waals surface area contributed by atoms with E-state index in [0.29, 0.717) is 22.5 Å². The average molecular weight is 1080 g/mol. The van der Waals surface area contributed by atoms with E-state index in [2.05, 4.69) is 59.7 Å². The lowest BCUT2D eigenvalue weighted by Gasteiger charge is -2.15. The number of fused-ring (bicyclic) bond motifs is 2. The molecule has 3 aromatic heterocycles. The van der Waals surface area contributed by atoms with Gasteiger partial charge in [-0.15, -0.1) is 0 Å². The summed E-state index contributed by atoms with van der Waals surface area (Å²) in [5.41, 5.74) is 18.8. The fraction of sp³-hybridized carbons (Fsp3) is 0.0833. The molecule has 0 bridgehead atoms. The molecule has 0 spiro atoms. The van der Waals surface area contributed by atoms with Crippen molar-refractivity contribution >= 4 is 108 Å². The maximum Gasteiger partial charge on any atom is 0.255 e. The van der Waals surface area contributed by atoms with Crippen LogP contribution in [0, 0.1) is 0 Å². The van der Waals surface area contributed by atoms with Crippen LogP contribution in [0.2, 0.25) is 5.02 Å². The number of nitrogens with one attached hydrogen (secondary N) is 5. The van der Waals surface area contributed by atoms with Crippen molar-refractivity contribution in [3.05, 3.63) is 229 Å². The van der Waals surface area contributed by atoms with Crippen molar-refractivity contribution in [2.24, 2.45) is 7.05 Å². The Balaban J connectivity index is 0.000000331. The monoisotopic (exact) mass is 1080 g/mol. The molecule has 10 aromatic rings. The van der Waals surface area contributed by atoms with Crippen LogP contribution >= 0.6 is 11.6 Å². The zero-order chi connectivity index (χ0) is 56.0. The summed E-state index contributed by atoms with van der Waals surface area (Å²) in [6, 6.07) is 59.5. The highest BCUT2D eigenvalue weighted by Gasteiger charge is 2.10. The van der Waals surface area contributed by atoms with Gasteiger partial charge in [-0.1, -0.05) is 29.8 Å². The number of nitrogen functional groups attached to an aromatic ring is 1. The van der Waals surface area contributed by atoms with E-state index >= 15 is 0 Å². The summed E-state index contributed by atoms with van der Waals surface area (Å²) in [6.45, 7) is 0. The standard InChI is InChI=1S/C30H27N5O.C19H18N4O.C11H11ClN2.2ClH.3H2/c1-35(2)26-16-17-27-28(18-19-31-29(27)20-26)33-24-12-14-25(15-13-24)34-30(36)21-8-10-23(11-9-21)32-22-6-4-3-5-7-22;1-23-12-10-18(11-13-23)21-16-6-2-14(3-7-16)19(24)22-17-8-4-15(20)5-9-17;1-14(2)8-3-4-9-10(12)5-6-13-11(9)7-8;;;;;/h3-20,32H,1-2H3,(H,31,33)(H,34,36);2-13H,20H2,1H3,(H,22,24);3-7H,1-2H3;5*1H/p-1/i;;;;;2*1+1D;1+1. The van der Waals surface area contributed by atoms with Crippen molar-refractivity contribution in [1.82, 2.24) is 9.97 Å². The van der Waals surface area contributed by atoms with E-state index in [1.807, 2.05) is 184 Å². The van der Waals surface area contributed by atoms with Gasteiger partial charge in [0, 0.05) is 139 Å². The molecule has 0 aliphatic heterocycles. The van der Waals surface area contributed by atoms with Gasteiger partial charge in [0.2, 0.25) is 0 Å². The second kappa shape index (κ2) is 26.9. The summed E-state index contributed by atoms with van der Waals surface area (Å²) < 4.78 is 22.0. The van der Waals surface area contributed by atoms with E-state index in [4.69, 9.17) is 23.3 Å². The highest BCUT2D eigenvalue weighted by Crippen LogP contribution is 2.29. The van der Waals surface area contributed by atoms with Gasteiger partial charge in [0.1, 0.15) is 7.05 Å². The number of carbonyl (C=O) groups excluding carboxylic acids is 2. The van der Waals surface area contributed by atoms with Crippen LogP contribution in [0.5, 0.6) is 0 Å². The first-order valence-corrected chi connectivity index (χ1v) is 24.1. The number of para-hydroxylation sites is 1. The molecule has 0 aliphatic carbocycles. The second-order valence-corrected chi connectivity index (χ2v) is 18.0. The Morgan fingerprint density at radius 2 is 0.908 bits per heavy atom. The van der Waals surface area contributed by atoms with E-state index in [1.54, 1.807) is 54.9 Å². The van der Waals surface area contributed by atoms with Crippen LogP contribution in [-0.4, -0.2) is 50.0 Å². The number of anilines is 11.